The number of carbonyl (C=O) groups is 1. The molecule has 3 rings (SSSR count). The minimum Gasteiger partial charge on any atom is -0.496 e. The molecule has 0 radical (unpaired) electrons. The van der Waals surface area contributed by atoms with Gasteiger partial charge in [-0.15, -0.1) is 0 Å². The topological polar surface area (TPSA) is 73.5 Å². The molecule has 0 aliphatic rings. The van der Waals surface area contributed by atoms with E-state index in [-0.39, 0.29) is 12.5 Å². The highest BCUT2D eigenvalue weighted by atomic mass is 16.5. The van der Waals surface area contributed by atoms with Crippen molar-refractivity contribution in [2.24, 2.45) is 0 Å². The summed E-state index contributed by atoms with van der Waals surface area (Å²) in [6, 6.07) is 13.0. The van der Waals surface area contributed by atoms with Gasteiger partial charge in [0.05, 0.1) is 12.6 Å². The molecule has 3 aromatic rings. The highest BCUT2D eigenvalue weighted by Crippen LogP contribution is 2.19. The summed E-state index contributed by atoms with van der Waals surface area (Å²) in [6.07, 6.45) is 0.650. The summed E-state index contributed by atoms with van der Waals surface area (Å²) in [4.78, 5) is 24.1. The summed E-state index contributed by atoms with van der Waals surface area (Å²) in [5.74, 6) is 0.0360. The normalized spacial score (nSPS) is 10.8. The fourth-order valence-electron chi connectivity index (χ4n) is 2.80. The van der Waals surface area contributed by atoms with Gasteiger partial charge in [-0.25, -0.2) is 4.79 Å². The average molecular weight is 340 g/mol. The number of fused-ring (bicyclic) bond motifs is 1. The molecule has 1 N–H and O–H groups in total. The molecule has 0 atom stereocenters. The van der Waals surface area contributed by atoms with Crippen LogP contribution >= 0.6 is 0 Å². The summed E-state index contributed by atoms with van der Waals surface area (Å²) < 4.78 is 11.8. The predicted molar refractivity (Wildman–Crippen MR) is 94.9 cm³/mol. The Morgan fingerprint density at radius 1 is 1.24 bits per heavy atom. The molecular formula is C19H20N2O4. The number of nitrogens with zero attached hydrogens (tertiary/aromatic N) is 1. The second kappa shape index (κ2) is 7.25. The van der Waals surface area contributed by atoms with Crippen LogP contribution in [0.5, 0.6) is 5.75 Å². The number of carbonyl (C=O) groups excluding carboxylic acids is 1. The van der Waals surface area contributed by atoms with Gasteiger partial charge in [-0.05, 0) is 37.1 Å². The third kappa shape index (κ3) is 3.74. The van der Waals surface area contributed by atoms with Crippen molar-refractivity contribution >= 4 is 17.0 Å². The molecule has 1 amide bonds. The lowest BCUT2D eigenvalue weighted by Gasteiger charge is -2.10. The quantitative estimate of drug-likeness (QED) is 0.747. The molecule has 6 nitrogen and oxygen atoms in total. The Balaban J connectivity index is 1.63. The number of hydrogen-bond acceptors (Lipinski definition) is 4. The van der Waals surface area contributed by atoms with E-state index in [1.165, 1.54) is 4.57 Å². The first-order valence-electron chi connectivity index (χ1n) is 8.07. The van der Waals surface area contributed by atoms with Gasteiger partial charge in [0.15, 0.2) is 5.58 Å². The molecule has 0 saturated carbocycles. The first kappa shape index (κ1) is 16.8. The van der Waals surface area contributed by atoms with Crippen molar-refractivity contribution in [3.05, 3.63) is 64.1 Å². The van der Waals surface area contributed by atoms with Crippen molar-refractivity contribution in [2.75, 3.05) is 13.7 Å². The van der Waals surface area contributed by atoms with Crippen LogP contribution in [0.15, 0.2) is 51.7 Å². The molecular weight excluding hydrogens is 320 g/mol. The Hall–Kier alpha value is -3.02. The third-order valence-corrected chi connectivity index (χ3v) is 4.03. The first-order valence-corrected chi connectivity index (χ1v) is 8.07. The van der Waals surface area contributed by atoms with Gasteiger partial charge in [-0.2, -0.15) is 0 Å². The standard InChI is InChI=1S/C19H20N2O4/c1-13-7-8-16(24-2)14(11-13)9-10-20-18(22)12-21-15-5-3-4-6-17(15)25-19(21)23/h3-8,11H,9-10,12H2,1-2H3,(H,20,22). The van der Waals surface area contributed by atoms with Crippen LogP contribution in [-0.4, -0.2) is 24.1 Å². The molecule has 0 bridgehead atoms. The van der Waals surface area contributed by atoms with Crippen LogP contribution < -0.4 is 15.8 Å². The molecule has 0 aliphatic carbocycles. The van der Waals surface area contributed by atoms with Crippen molar-refractivity contribution < 1.29 is 13.9 Å². The number of methoxy groups -OCH3 is 1. The van der Waals surface area contributed by atoms with Crippen LogP contribution in [0.4, 0.5) is 0 Å². The number of aromatic nitrogens is 1. The molecule has 2 aromatic carbocycles. The van der Waals surface area contributed by atoms with Crippen LogP contribution in [0.3, 0.4) is 0 Å². The molecule has 0 spiro atoms. The average Bonchev–Trinajstić information content (AvgIpc) is 2.91. The van der Waals surface area contributed by atoms with E-state index in [2.05, 4.69) is 5.32 Å². The van der Waals surface area contributed by atoms with E-state index in [1.807, 2.05) is 25.1 Å². The molecule has 130 valence electrons. The molecule has 0 fully saturated rings. The maximum absolute atomic E-state index is 12.2. The Morgan fingerprint density at radius 2 is 2.04 bits per heavy atom. The van der Waals surface area contributed by atoms with Gasteiger partial charge in [0, 0.05) is 6.54 Å². The van der Waals surface area contributed by atoms with Crippen LogP contribution in [-0.2, 0) is 17.8 Å². The molecule has 0 unspecified atom stereocenters. The smallest absolute Gasteiger partial charge is 0.420 e. The van der Waals surface area contributed by atoms with Crippen molar-refractivity contribution in [1.82, 2.24) is 9.88 Å². The van der Waals surface area contributed by atoms with Gasteiger partial charge >= 0.3 is 5.76 Å². The lowest BCUT2D eigenvalue weighted by Crippen LogP contribution is -2.32. The minimum absolute atomic E-state index is 0.0687. The lowest BCUT2D eigenvalue weighted by atomic mass is 10.1. The molecule has 0 aliphatic heterocycles. The Bertz CT molecular complexity index is 955. The third-order valence-electron chi connectivity index (χ3n) is 4.03. The van der Waals surface area contributed by atoms with Gasteiger partial charge < -0.3 is 14.5 Å². The van der Waals surface area contributed by atoms with Gasteiger partial charge in [0.25, 0.3) is 0 Å². The number of para-hydroxylation sites is 2. The minimum atomic E-state index is -0.531. The molecule has 1 heterocycles. The number of ether oxygens (including phenoxy) is 1. The van der Waals surface area contributed by atoms with Crippen molar-refractivity contribution in [2.45, 2.75) is 19.9 Å². The van der Waals surface area contributed by atoms with Crippen molar-refractivity contribution in [1.29, 1.82) is 0 Å². The number of oxazole rings is 1. The van der Waals surface area contributed by atoms with Gasteiger partial charge in [-0.3, -0.25) is 9.36 Å². The summed E-state index contributed by atoms with van der Waals surface area (Å²) in [5, 5.41) is 2.84. The number of hydrogen-bond donors (Lipinski definition) is 1. The monoisotopic (exact) mass is 340 g/mol. The Morgan fingerprint density at radius 3 is 2.84 bits per heavy atom. The number of benzene rings is 2. The van der Waals surface area contributed by atoms with E-state index >= 15 is 0 Å². The SMILES string of the molecule is COc1ccc(C)cc1CCNC(=O)Cn1c(=O)oc2ccccc21. The molecule has 6 heteroatoms. The summed E-state index contributed by atoms with van der Waals surface area (Å²) in [6.45, 7) is 2.40. The first-order chi connectivity index (χ1) is 12.1. The Labute approximate surface area is 145 Å². The second-order valence-corrected chi connectivity index (χ2v) is 5.84. The predicted octanol–water partition coefficient (Wildman–Crippen LogP) is 2.27. The van der Waals surface area contributed by atoms with E-state index in [9.17, 15) is 9.59 Å². The molecule has 1 aromatic heterocycles. The van der Waals surface area contributed by atoms with E-state index in [1.54, 1.807) is 31.4 Å². The summed E-state index contributed by atoms with van der Waals surface area (Å²) in [7, 11) is 1.63. The largest absolute Gasteiger partial charge is 0.496 e. The zero-order valence-corrected chi connectivity index (χ0v) is 14.2. The van der Waals surface area contributed by atoms with Crippen LogP contribution in [0.1, 0.15) is 11.1 Å². The number of nitrogens with one attached hydrogen (secondary N) is 1. The zero-order valence-electron chi connectivity index (χ0n) is 14.2. The van der Waals surface area contributed by atoms with Crippen molar-refractivity contribution in [3.8, 4) is 5.75 Å². The van der Waals surface area contributed by atoms with E-state index in [0.717, 1.165) is 16.9 Å². The fraction of sp³-hybridized carbons (Fsp3) is 0.263. The maximum Gasteiger partial charge on any atom is 0.420 e. The maximum atomic E-state index is 12.2. The van der Waals surface area contributed by atoms with Gasteiger partial charge in [0.1, 0.15) is 12.3 Å². The Kier molecular flexibility index (Phi) is 4.88. The van der Waals surface area contributed by atoms with Crippen LogP contribution in [0, 0.1) is 6.92 Å². The highest BCUT2D eigenvalue weighted by molar-refractivity contribution is 5.79. The summed E-state index contributed by atoms with van der Waals surface area (Å²) >= 11 is 0. The zero-order chi connectivity index (χ0) is 17.8. The number of amides is 1. The molecule has 25 heavy (non-hydrogen) atoms. The van der Waals surface area contributed by atoms with Crippen LogP contribution in [0.2, 0.25) is 0 Å². The lowest BCUT2D eigenvalue weighted by molar-refractivity contribution is -0.121. The van der Waals surface area contributed by atoms with Gasteiger partial charge in [-0.1, -0.05) is 29.8 Å². The van der Waals surface area contributed by atoms with Crippen LogP contribution in [0.25, 0.3) is 11.1 Å². The number of rotatable bonds is 6. The summed E-state index contributed by atoms with van der Waals surface area (Å²) in [5.41, 5.74) is 3.26. The highest BCUT2D eigenvalue weighted by Gasteiger charge is 2.12. The molecule has 0 saturated heterocycles. The second-order valence-electron chi connectivity index (χ2n) is 5.84. The van der Waals surface area contributed by atoms with E-state index < -0.39 is 5.76 Å². The van der Waals surface area contributed by atoms with E-state index in [0.29, 0.717) is 24.1 Å². The fourth-order valence-corrected chi connectivity index (χ4v) is 2.80. The van der Waals surface area contributed by atoms with E-state index in [4.69, 9.17) is 9.15 Å². The number of aryl methyl sites for hydroxylation is 1. The van der Waals surface area contributed by atoms with Crippen molar-refractivity contribution in [3.63, 3.8) is 0 Å². The van der Waals surface area contributed by atoms with Gasteiger partial charge in [0.2, 0.25) is 5.91 Å².